The van der Waals surface area contributed by atoms with Crippen LogP contribution in [0.5, 0.6) is 0 Å². The van der Waals surface area contributed by atoms with Crippen LogP contribution in [0.1, 0.15) is 19.3 Å². The Labute approximate surface area is 127 Å². The summed E-state index contributed by atoms with van der Waals surface area (Å²) in [6.45, 7) is 0. The lowest BCUT2D eigenvalue weighted by Crippen LogP contribution is -2.31. The Morgan fingerprint density at radius 2 is 1.78 bits per heavy atom. The first-order chi connectivity index (χ1) is 8.59. The number of hydrogen-bond acceptors (Lipinski definition) is 2. The number of imide groups is 1. The van der Waals surface area contributed by atoms with Crippen LogP contribution in [0.2, 0.25) is 0 Å². The molecule has 0 N–H and O–H groups in total. The third-order valence-electron chi connectivity index (χ3n) is 3.75. The van der Waals surface area contributed by atoms with Crippen molar-refractivity contribution in [1.82, 2.24) is 0 Å². The van der Waals surface area contributed by atoms with Gasteiger partial charge in [0.05, 0.1) is 17.5 Å². The van der Waals surface area contributed by atoms with Gasteiger partial charge < -0.3 is 0 Å². The number of carbonyl (C=O) groups is 2. The van der Waals surface area contributed by atoms with Gasteiger partial charge in [-0.25, -0.2) is 0 Å². The van der Waals surface area contributed by atoms with Gasteiger partial charge in [-0.1, -0.05) is 6.42 Å². The largest absolute Gasteiger partial charge is 0.274 e. The molecule has 2 fully saturated rings. The SMILES string of the molecule is O=C1C2CCCC2C(=O)N1c1ccc(I)c(Br)c1. The van der Waals surface area contributed by atoms with Crippen molar-refractivity contribution in [1.29, 1.82) is 0 Å². The van der Waals surface area contributed by atoms with Gasteiger partial charge in [-0.15, -0.1) is 0 Å². The number of nitrogens with zero attached hydrogens (tertiary/aromatic N) is 1. The first kappa shape index (κ1) is 12.6. The molecule has 1 aromatic rings. The summed E-state index contributed by atoms with van der Waals surface area (Å²) >= 11 is 5.64. The number of amides is 2. The predicted octanol–water partition coefficient (Wildman–Crippen LogP) is 3.34. The lowest BCUT2D eigenvalue weighted by molar-refractivity contribution is -0.122. The molecule has 2 aliphatic rings. The molecule has 1 saturated carbocycles. The summed E-state index contributed by atoms with van der Waals surface area (Å²) in [5.74, 6) is -0.183. The van der Waals surface area contributed by atoms with E-state index in [1.807, 2.05) is 18.2 Å². The van der Waals surface area contributed by atoms with Crippen molar-refractivity contribution in [3.8, 4) is 0 Å². The van der Waals surface area contributed by atoms with Crippen molar-refractivity contribution in [2.24, 2.45) is 11.8 Å². The monoisotopic (exact) mass is 419 g/mol. The van der Waals surface area contributed by atoms with E-state index in [0.29, 0.717) is 5.69 Å². The Balaban J connectivity index is 1.99. The second-order valence-electron chi connectivity index (χ2n) is 4.75. The molecule has 2 unspecified atom stereocenters. The van der Waals surface area contributed by atoms with Gasteiger partial charge in [0.2, 0.25) is 11.8 Å². The van der Waals surface area contributed by atoms with E-state index in [1.165, 1.54) is 4.90 Å². The van der Waals surface area contributed by atoms with E-state index in [9.17, 15) is 9.59 Å². The van der Waals surface area contributed by atoms with Crippen LogP contribution in [-0.2, 0) is 9.59 Å². The molecule has 1 aliphatic heterocycles. The highest BCUT2D eigenvalue weighted by atomic mass is 127. The summed E-state index contributed by atoms with van der Waals surface area (Å²) < 4.78 is 1.98. The third kappa shape index (κ3) is 1.82. The van der Waals surface area contributed by atoms with Crippen LogP contribution in [0.4, 0.5) is 5.69 Å². The lowest BCUT2D eigenvalue weighted by Gasteiger charge is -2.16. The first-order valence-corrected chi connectivity index (χ1v) is 7.79. The molecule has 1 aromatic carbocycles. The van der Waals surface area contributed by atoms with Gasteiger partial charge in [-0.3, -0.25) is 14.5 Å². The number of rotatable bonds is 1. The molecular weight excluding hydrogens is 409 g/mol. The molecule has 2 amide bonds. The van der Waals surface area contributed by atoms with Crippen molar-refractivity contribution >= 4 is 56.0 Å². The third-order valence-corrected chi connectivity index (χ3v) is 6.09. The Morgan fingerprint density at radius 1 is 1.17 bits per heavy atom. The number of benzene rings is 1. The minimum atomic E-state index is -0.0736. The average molecular weight is 420 g/mol. The van der Waals surface area contributed by atoms with Crippen molar-refractivity contribution in [2.75, 3.05) is 4.90 Å². The molecule has 0 radical (unpaired) electrons. The molecule has 2 atom stereocenters. The van der Waals surface area contributed by atoms with Crippen molar-refractivity contribution in [3.63, 3.8) is 0 Å². The Morgan fingerprint density at radius 3 is 2.33 bits per heavy atom. The molecule has 0 aromatic heterocycles. The first-order valence-electron chi connectivity index (χ1n) is 5.92. The van der Waals surface area contributed by atoms with E-state index in [-0.39, 0.29) is 23.7 Å². The van der Waals surface area contributed by atoms with Gasteiger partial charge in [-0.05, 0) is 69.6 Å². The maximum absolute atomic E-state index is 12.3. The van der Waals surface area contributed by atoms with E-state index in [0.717, 1.165) is 27.3 Å². The van der Waals surface area contributed by atoms with Crippen molar-refractivity contribution in [3.05, 3.63) is 26.2 Å². The maximum Gasteiger partial charge on any atom is 0.237 e. The number of anilines is 1. The molecule has 0 bridgehead atoms. The van der Waals surface area contributed by atoms with Gasteiger partial charge in [0, 0.05) is 8.04 Å². The van der Waals surface area contributed by atoms with Gasteiger partial charge >= 0.3 is 0 Å². The maximum atomic E-state index is 12.3. The summed E-state index contributed by atoms with van der Waals surface area (Å²) in [4.78, 5) is 25.9. The molecule has 5 heteroatoms. The fourth-order valence-corrected chi connectivity index (χ4v) is 3.57. The summed E-state index contributed by atoms with van der Waals surface area (Å²) in [7, 11) is 0. The van der Waals surface area contributed by atoms with E-state index in [4.69, 9.17) is 0 Å². The Bertz CT molecular complexity index is 524. The fraction of sp³-hybridized carbons (Fsp3) is 0.385. The Kier molecular flexibility index (Phi) is 3.21. The zero-order valence-electron chi connectivity index (χ0n) is 9.53. The zero-order valence-corrected chi connectivity index (χ0v) is 13.3. The molecule has 94 valence electrons. The summed E-state index contributed by atoms with van der Waals surface area (Å²) in [6, 6.07) is 5.59. The summed E-state index contributed by atoms with van der Waals surface area (Å²) in [6.07, 6.45) is 2.71. The molecule has 1 saturated heterocycles. The topological polar surface area (TPSA) is 37.4 Å². The minimum Gasteiger partial charge on any atom is -0.274 e. The van der Waals surface area contributed by atoms with Crippen molar-refractivity contribution in [2.45, 2.75) is 19.3 Å². The van der Waals surface area contributed by atoms with E-state index >= 15 is 0 Å². The summed E-state index contributed by atoms with van der Waals surface area (Å²) in [5, 5.41) is 0. The van der Waals surface area contributed by atoms with E-state index in [1.54, 1.807) is 0 Å². The van der Waals surface area contributed by atoms with Crippen LogP contribution >= 0.6 is 38.5 Å². The number of hydrogen-bond donors (Lipinski definition) is 0. The van der Waals surface area contributed by atoms with Crippen LogP contribution in [0.15, 0.2) is 22.7 Å². The van der Waals surface area contributed by atoms with Crippen molar-refractivity contribution < 1.29 is 9.59 Å². The predicted molar refractivity (Wildman–Crippen MR) is 80.2 cm³/mol. The number of fused-ring (bicyclic) bond motifs is 1. The molecule has 1 aliphatic carbocycles. The molecule has 18 heavy (non-hydrogen) atoms. The second-order valence-corrected chi connectivity index (χ2v) is 6.77. The molecule has 3 nitrogen and oxygen atoms in total. The zero-order chi connectivity index (χ0) is 12.9. The second kappa shape index (κ2) is 4.59. The highest BCUT2D eigenvalue weighted by Crippen LogP contribution is 2.42. The van der Waals surface area contributed by atoms with Crippen LogP contribution in [0.25, 0.3) is 0 Å². The quantitative estimate of drug-likeness (QED) is 0.517. The van der Waals surface area contributed by atoms with Gasteiger partial charge in [0.1, 0.15) is 0 Å². The van der Waals surface area contributed by atoms with E-state index in [2.05, 4.69) is 38.5 Å². The number of halogens is 2. The normalized spacial score (nSPS) is 26.9. The van der Waals surface area contributed by atoms with Gasteiger partial charge in [-0.2, -0.15) is 0 Å². The fourth-order valence-electron chi connectivity index (χ4n) is 2.87. The van der Waals surface area contributed by atoms with Gasteiger partial charge in [0.15, 0.2) is 0 Å². The molecule has 3 rings (SSSR count). The molecule has 0 spiro atoms. The highest BCUT2D eigenvalue weighted by molar-refractivity contribution is 14.1. The van der Waals surface area contributed by atoms with Gasteiger partial charge in [0.25, 0.3) is 0 Å². The molecule has 1 heterocycles. The van der Waals surface area contributed by atoms with Crippen LogP contribution in [-0.4, -0.2) is 11.8 Å². The van der Waals surface area contributed by atoms with Crippen LogP contribution in [0.3, 0.4) is 0 Å². The number of carbonyl (C=O) groups excluding carboxylic acids is 2. The lowest BCUT2D eigenvalue weighted by atomic mass is 10.00. The standard InChI is InChI=1S/C13H11BrINO2/c14-10-6-7(4-5-11(10)15)16-12(17)8-2-1-3-9(8)13(16)18/h4-6,8-9H,1-3H2. The smallest absolute Gasteiger partial charge is 0.237 e. The Hall–Kier alpha value is -0.430. The average Bonchev–Trinajstić information content (AvgIpc) is 2.89. The minimum absolute atomic E-state index is 0.0180. The molecular formula is C13H11BrINO2. The van der Waals surface area contributed by atoms with Crippen LogP contribution in [0, 0.1) is 15.4 Å². The van der Waals surface area contributed by atoms with Crippen LogP contribution < -0.4 is 4.90 Å². The summed E-state index contributed by atoms with van der Waals surface area (Å²) in [5.41, 5.74) is 0.687. The van der Waals surface area contributed by atoms with E-state index < -0.39 is 0 Å². The highest BCUT2D eigenvalue weighted by Gasteiger charge is 2.50.